The minimum atomic E-state index is -0.150. The number of nitrogens with one attached hydrogen (secondary N) is 2. The van der Waals surface area contributed by atoms with Crippen molar-refractivity contribution >= 4 is 35.0 Å². The maximum absolute atomic E-state index is 12.3. The highest BCUT2D eigenvalue weighted by Crippen LogP contribution is 2.33. The molecular formula is C16H14N2O2S. The van der Waals surface area contributed by atoms with Crippen molar-refractivity contribution in [2.24, 2.45) is 0 Å². The number of carbonyl (C=O) groups is 2. The van der Waals surface area contributed by atoms with Gasteiger partial charge in [0.2, 0.25) is 5.91 Å². The third kappa shape index (κ3) is 2.92. The van der Waals surface area contributed by atoms with Crippen molar-refractivity contribution in [1.29, 1.82) is 0 Å². The minimum absolute atomic E-state index is 0.0186. The number of hydrogen-bond donors (Lipinski definition) is 2. The van der Waals surface area contributed by atoms with Crippen LogP contribution in [0.3, 0.4) is 0 Å². The number of hydrogen-bond acceptors (Lipinski definition) is 3. The SMILES string of the molecule is Cc1ccccc1C(=O)Nc1ccc2c(c1)NC(=O)CS2. The lowest BCUT2D eigenvalue weighted by atomic mass is 10.1. The molecule has 1 aliphatic rings. The van der Waals surface area contributed by atoms with Crippen molar-refractivity contribution < 1.29 is 9.59 Å². The van der Waals surface area contributed by atoms with Crippen LogP contribution in [-0.4, -0.2) is 17.6 Å². The highest BCUT2D eigenvalue weighted by Gasteiger charge is 2.16. The zero-order chi connectivity index (χ0) is 14.8. The Morgan fingerprint density at radius 3 is 2.86 bits per heavy atom. The first-order chi connectivity index (χ1) is 10.1. The van der Waals surface area contributed by atoms with Crippen LogP contribution in [0.4, 0.5) is 11.4 Å². The maximum atomic E-state index is 12.3. The van der Waals surface area contributed by atoms with Gasteiger partial charge in [0.25, 0.3) is 5.91 Å². The summed E-state index contributed by atoms with van der Waals surface area (Å²) in [6, 6.07) is 13.0. The fraction of sp³-hybridized carbons (Fsp3) is 0.125. The fourth-order valence-electron chi connectivity index (χ4n) is 2.19. The molecule has 0 bridgehead atoms. The third-order valence-electron chi connectivity index (χ3n) is 3.26. The van der Waals surface area contributed by atoms with Crippen molar-refractivity contribution in [3.05, 3.63) is 53.6 Å². The molecule has 21 heavy (non-hydrogen) atoms. The van der Waals surface area contributed by atoms with Crippen molar-refractivity contribution in [1.82, 2.24) is 0 Å². The molecular weight excluding hydrogens is 284 g/mol. The zero-order valence-electron chi connectivity index (χ0n) is 11.5. The number of benzene rings is 2. The number of thioether (sulfide) groups is 1. The van der Waals surface area contributed by atoms with Crippen LogP contribution in [0.2, 0.25) is 0 Å². The van der Waals surface area contributed by atoms with E-state index in [1.54, 1.807) is 12.1 Å². The van der Waals surface area contributed by atoms with Crippen LogP contribution in [0.15, 0.2) is 47.4 Å². The molecule has 2 aromatic carbocycles. The highest BCUT2D eigenvalue weighted by atomic mass is 32.2. The van der Waals surface area contributed by atoms with Crippen LogP contribution in [0.5, 0.6) is 0 Å². The molecule has 0 spiro atoms. The second-order valence-corrected chi connectivity index (χ2v) is 5.83. The van der Waals surface area contributed by atoms with Crippen LogP contribution in [-0.2, 0) is 4.79 Å². The summed E-state index contributed by atoms with van der Waals surface area (Å²) in [6.45, 7) is 1.90. The molecule has 2 amide bonds. The van der Waals surface area contributed by atoms with Crippen LogP contribution in [0, 0.1) is 6.92 Å². The Hall–Kier alpha value is -2.27. The zero-order valence-corrected chi connectivity index (χ0v) is 12.3. The molecule has 0 radical (unpaired) electrons. The van der Waals surface area contributed by atoms with Gasteiger partial charge >= 0.3 is 0 Å². The van der Waals surface area contributed by atoms with Gasteiger partial charge in [0, 0.05) is 16.1 Å². The average molecular weight is 298 g/mol. The van der Waals surface area contributed by atoms with E-state index in [0.717, 1.165) is 16.1 Å². The van der Waals surface area contributed by atoms with Gasteiger partial charge in [-0.2, -0.15) is 0 Å². The number of carbonyl (C=O) groups excluding carboxylic acids is 2. The summed E-state index contributed by atoms with van der Waals surface area (Å²) in [5.74, 6) is 0.264. The number of fused-ring (bicyclic) bond motifs is 1. The first-order valence-electron chi connectivity index (χ1n) is 6.57. The molecule has 0 unspecified atom stereocenters. The summed E-state index contributed by atoms with van der Waals surface area (Å²) in [6.07, 6.45) is 0. The smallest absolute Gasteiger partial charge is 0.255 e. The van der Waals surface area contributed by atoms with E-state index in [1.807, 2.05) is 37.3 Å². The lowest BCUT2D eigenvalue weighted by Gasteiger charge is -2.17. The summed E-state index contributed by atoms with van der Waals surface area (Å²) in [5, 5.41) is 5.68. The summed E-state index contributed by atoms with van der Waals surface area (Å²) in [5.41, 5.74) is 2.99. The van der Waals surface area contributed by atoms with Crippen molar-refractivity contribution in [2.75, 3.05) is 16.4 Å². The van der Waals surface area contributed by atoms with Crippen LogP contribution in [0.25, 0.3) is 0 Å². The van der Waals surface area contributed by atoms with Gasteiger partial charge in [-0.3, -0.25) is 9.59 Å². The van der Waals surface area contributed by atoms with E-state index in [4.69, 9.17) is 0 Å². The topological polar surface area (TPSA) is 58.2 Å². The normalized spacial score (nSPS) is 13.3. The Balaban J connectivity index is 1.82. The van der Waals surface area contributed by atoms with Gasteiger partial charge in [0.15, 0.2) is 0 Å². The molecule has 0 fully saturated rings. The molecule has 3 rings (SSSR count). The molecule has 2 aromatic rings. The number of anilines is 2. The average Bonchev–Trinajstić information content (AvgIpc) is 2.47. The molecule has 1 heterocycles. The molecule has 2 N–H and O–H groups in total. The Morgan fingerprint density at radius 2 is 2.05 bits per heavy atom. The Morgan fingerprint density at radius 1 is 1.24 bits per heavy atom. The van der Waals surface area contributed by atoms with Gasteiger partial charge in [-0.25, -0.2) is 0 Å². The second-order valence-electron chi connectivity index (χ2n) is 4.82. The molecule has 1 aliphatic heterocycles. The van der Waals surface area contributed by atoms with Gasteiger partial charge in [0.1, 0.15) is 0 Å². The summed E-state index contributed by atoms with van der Waals surface area (Å²) in [7, 11) is 0. The van der Waals surface area contributed by atoms with Gasteiger partial charge in [-0.15, -0.1) is 11.8 Å². The minimum Gasteiger partial charge on any atom is -0.324 e. The van der Waals surface area contributed by atoms with Crippen LogP contribution in [0.1, 0.15) is 15.9 Å². The van der Waals surface area contributed by atoms with E-state index in [1.165, 1.54) is 11.8 Å². The fourth-order valence-corrected chi connectivity index (χ4v) is 2.98. The standard InChI is InChI=1S/C16H14N2O2S/c1-10-4-2-3-5-12(10)16(20)17-11-6-7-14-13(8-11)18-15(19)9-21-14/h2-8H,9H2,1H3,(H,17,20)(H,18,19). The van der Waals surface area contributed by atoms with E-state index in [-0.39, 0.29) is 11.8 Å². The van der Waals surface area contributed by atoms with Gasteiger partial charge in [0.05, 0.1) is 11.4 Å². The van der Waals surface area contributed by atoms with Crippen molar-refractivity contribution in [3.63, 3.8) is 0 Å². The summed E-state index contributed by atoms with van der Waals surface area (Å²) < 4.78 is 0. The predicted molar refractivity (Wildman–Crippen MR) is 84.9 cm³/mol. The lowest BCUT2D eigenvalue weighted by molar-refractivity contribution is -0.113. The molecule has 0 aliphatic carbocycles. The summed E-state index contributed by atoms with van der Waals surface area (Å²) >= 11 is 1.50. The molecule has 5 heteroatoms. The Labute approximate surface area is 126 Å². The van der Waals surface area contributed by atoms with Crippen molar-refractivity contribution in [3.8, 4) is 0 Å². The molecule has 0 aromatic heterocycles. The molecule has 0 atom stereocenters. The number of rotatable bonds is 2. The lowest BCUT2D eigenvalue weighted by Crippen LogP contribution is -2.19. The first-order valence-corrected chi connectivity index (χ1v) is 7.56. The van der Waals surface area contributed by atoms with E-state index >= 15 is 0 Å². The van der Waals surface area contributed by atoms with E-state index in [0.29, 0.717) is 17.0 Å². The third-order valence-corrected chi connectivity index (χ3v) is 4.33. The summed E-state index contributed by atoms with van der Waals surface area (Å²) in [4.78, 5) is 24.7. The van der Waals surface area contributed by atoms with Gasteiger partial charge in [-0.05, 0) is 36.8 Å². The van der Waals surface area contributed by atoms with E-state index < -0.39 is 0 Å². The molecule has 106 valence electrons. The monoisotopic (exact) mass is 298 g/mol. The van der Waals surface area contributed by atoms with E-state index in [9.17, 15) is 9.59 Å². The van der Waals surface area contributed by atoms with Crippen molar-refractivity contribution in [2.45, 2.75) is 11.8 Å². The first kappa shape index (κ1) is 13.7. The second kappa shape index (κ2) is 5.61. The molecule has 4 nitrogen and oxygen atoms in total. The quantitative estimate of drug-likeness (QED) is 0.894. The Kier molecular flexibility index (Phi) is 3.66. The Bertz CT molecular complexity index is 728. The molecule has 0 saturated carbocycles. The molecule has 0 saturated heterocycles. The number of amides is 2. The van der Waals surface area contributed by atoms with Gasteiger partial charge in [-0.1, -0.05) is 18.2 Å². The maximum Gasteiger partial charge on any atom is 0.255 e. The van der Waals surface area contributed by atoms with E-state index in [2.05, 4.69) is 10.6 Å². The van der Waals surface area contributed by atoms with Crippen LogP contribution < -0.4 is 10.6 Å². The predicted octanol–water partition coefficient (Wildman–Crippen LogP) is 3.29. The van der Waals surface area contributed by atoms with Crippen LogP contribution >= 0.6 is 11.8 Å². The largest absolute Gasteiger partial charge is 0.324 e. The highest BCUT2D eigenvalue weighted by molar-refractivity contribution is 8.00. The number of aryl methyl sites for hydroxylation is 1. The van der Waals surface area contributed by atoms with Gasteiger partial charge < -0.3 is 10.6 Å².